The molecule has 6 nitrogen and oxygen atoms in total. The minimum absolute atomic E-state index is 0.0446. The molecule has 3 aromatic rings. The Morgan fingerprint density at radius 3 is 2.54 bits per heavy atom. The summed E-state index contributed by atoms with van der Waals surface area (Å²) in [7, 11) is 0. The first kappa shape index (κ1) is 26.5. The van der Waals surface area contributed by atoms with Crippen LogP contribution >= 0.6 is 11.6 Å². The predicted molar refractivity (Wildman–Crippen MR) is 152 cm³/mol. The highest BCUT2D eigenvalue weighted by molar-refractivity contribution is 6.32. The summed E-state index contributed by atoms with van der Waals surface area (Å²) in [5.74, 6) is -0.0538. The van der Waals surface area contributed by atoms with E-state index < -0.39 is 11.6 Å². The van der Waals surface area contributed by atoms with Crippen molar-refractivity contribution in [1.29, 1.82) is 0 Å². The number of aromatic nitrogens is 1. The number of fused-ring (bicyclic) bond motifs is 1. The third kappa shape index (κ3) is 5.63. The van der Waals surface area contributed by atoms with E-state index in [9.17, 15) is 19.4 Å². The second-order valence-corrected chi connectivity index (χ2v) is 12.1. The number of anilines is 1. The molecule has 3 N–H and O–H groups in total. The van der Waals surface area contributed by atoms with Crippen LogP contribution in [0.4, 0.5) is 10.1 Å². The number of Topliss-reactive ketones (excluding diaryl/α,β-unsaturated/α-hetero) is 1. The van der Waals surface area contributed by atoms with Crippen LogP contribution in [-0.4, -0.2) is 58.2 Å². The topological polar surface area (TPSA) is 85.7 Å². The molecule has 0 amide bonds. The Hall–Kier alpha value is -2.74. The van der Waals surface area contributed by atoms with Gasteiger partial charge in [0.2, 0.25) is 0 Å². The van der Waals surface area contributed by atoms with Crippen molar-refractivity contribution < 1.29 is 19.4 Å². The SMILES string of the molecule is O=C(c1cnc2ccc(-c3cc(F)c(O)c(Cl)c3)cc2c1NC1CCC(CN2CCC(CO)C2)CC1)C1CC1. The lowest BCUT2D eigenvalue weighted by Crippen LogP contribution is -2.33. The molecule has 1 aromatic heterocycles. The van der Waals surface area contributed by atoms with E-state index in [0.29, 0.717) is 23.0 Å². The van der Waals surface area contributed by atoms with Crippen molar-refractivity contribution in [1.82, 2.24) is 9.88 Å². The zero-order valence-electron chi connectivity index (χ0n) is 22.0. The van der Waals surface area contributed by atoms with Crippen LogP contribution in [0.5, 0.6) is 5.75 Å². The van der Waals surface area contributed by atoms with Crippen LogP contribution in [0.3, 0.4) is 0 Å². The molecule has 39 heavy (non-hydrogen) atoms. The van der Waals surface area contributed by atoms with Crippen LogP contribution in [0.2, 0.25) is 5.02 Å². The van der Waals surface area contributed by atoms with E-state index in [0.717, 1.165) is 86.7 Å². The number of nitrogens with zero attached hydrogens (tertiary/aromatic N) is 2. The number of carbonyl (C=O) groups is 1. The second-order valence-electron chi connectivity index (χ2n) is 11.7. The molecule has 8 heteroatoms. The van der Waals surface area contributed by atoms with E-state index in [1.807, 2.05) is 18.2 Å². The van der Waals surface area contributed by atoms with Gasteiger partial charge in [-0.05, 0) is 98.7 Å². The Morgan fingerprint density at radius 2 is 1.85 bits per heavy atom. The summed E-state index contributed by atoms with van der Waals surface area (Å²) in [6.45, 7) is 3.47. The summed E-state index contributed by atoms with van der Waals surface area (Å²) in [5, 5.41) is 23.8. The van der Waals surface area contributed by atoms with Crippen LogP contribution in [-0.2, 0) is 0 Å². The number of phenolic OH excluding ortho intramolecular Hbond substituents is 1. The number of likely N-dealkylation sites (tertiary alicyclic amines) is 1. The number of halogens is 2. The van der Waals surface area contributed by atoms with Gasteiger partial charge in [-0.25, -0.2) is 4.39 Å². The van der Waals surface area contributed by atoms with Crippen LogP contribution in [0.15, 0.2) is 36.5 Å². The zero-order chi connectivity index (χ0) is 27.1. The molecule has 3 aliphatic rings. The van der Waals surface area contributed by atoms with Gasteiger partial charge in [0.1, 0.15) is 0 Å². The molecule has 2 heterocycles. The van der Waals surface area contributed by atoms with Gasteiger partial charge in [0.25, 0.3) is 0 Å². The Balaban J connectivity index is 1.26. The smallest absolute Gasteiger partial charge is 0.170 e. The molecule has 6 rings (SSSR count). The highest BCUT2D eigenvalue weighted by atomic mass is 35.5. The van der Waals surface area contributed by atoms with Gasteiger partial charge in [-0.15, -0.1) is 0 Å². The molecule has 1 aliphatic heterocycles. The summed E-state index contributed by atoms with van der Waals surface area (Å²) in [6, 6.07) is 8.75. The average Bonchev–Trinajstić information content (AvgIpc) is 3.70. The van der Waals surface area contributed by atoms with E-state index in [4.69, 9.17) is 11.6 Å². The largest absolute Gasteiger partial charge is 0.504 e. The van der Waals surface area contributed by atoms with Gasteiger partial charge in [0.15, 0.2) is 17.3 Å². The number of nitrogens with one attached hydrogen (secondary N) is 1. The maximum Gasteiger partial charge on any atom is 0.170 e. The van der Waals surface area contributed by atoms with Crippen molar-refractivity contribution in [3.63, 3.8) is 0 Å². The van der Waals surface area contributed by atoms with Crippen LogP contribution in [0.1, 0.15) is 55.3 Å². The Morgan fingerprint density at radius 1 is 1.05 bits per heavy atom. The molecule has 3 fully saturated rings. The summed E-state index contributed by atoms with van der Waals surface area (Å²) in [5.41, 5.74) is 3.50. The molecular weight excluding hydrogens is 517 g/mol. The van der Waals surface area contributed by atoms with Gasteiger partial charge in [-0.2, -0.15) is 0 Å². The Labute approximate surface area is 233 Å². The standard InChI is InChI=1S/C31H35ClFN3O3/c32-26-12-22(13-27(33)31(26)39)21-5-8-28-24(11-21)29(25(14-34-28)30(38)20-3-4-20)35-23-6-1-18(2-7-23)15-36-10-9-19(16-36)17-37/h5,8,11-14,18-20,23,37,39H,1-4,6-7,9-10,15-17H2,(H,34,35). The number of phenols is 1. The minimum Gasteiger partial charge on any atom is -0.504 e. The third-order valence-corrected chi connectivity index (χ3v) is 9.06. The first-order valence-corrected chi connectivity index (χ1v) is 14.5. The maximum absolute atomic E-state index is 14.3. The zero-order valence-corrected chi connectivity index (χ0v) is 22.8. The van der Waals surface area contributed by atoms with Crippen LogP contribution < -0.4 is 5.32 Å². The molecule has 1 unspecified atom stereocenters. The number of aromatic hydroxyl groups is 1. The van der Waals surface area contributed by atoms with E-state index >= 15 is 0 Å². The normalized spacial score (nSPS) is 23.8. The Kier molecular flexibility index (Phi) is 7.49. The molecule has 0 spiro atoms. The summed E-state index contributed by atoms with van der Waals surface area (Å²) < 4.78 is 14.3. The first-order chi connectivity index (χ1) is 18.9. The fourth-order valence-corrected chi connectivity index (χ4v) is 6.51. The van der Waals surface area contributed by atoms with Gasteiger partial charge < -0.3 is 20.4 Å². The van der Waals surface area contributed by atoms with Gasteiger partial charge in [0, 0.05) is 43.2 Å². The molecule has 206 valence electrons. The van der Waals surface area contributed by atoms with E-state index in [2.05, 4.69) is 15.2 Å². The Bertz CT molecular complexity index is 1360. The quantitative estimate of drug-likeness (QED) is 0.286. The molecule has 1 saturated heterocycles. The molecule has 1 atom stereocenters. The molecule has 2 aliphatic carbocycles. The number of ketones is 1. The highest BCUT2D eigenvalue weighted by Crippen LogP contribution is 2.40. The van der Waals surface area contributed by atoms with Crippen molar-refractivity contribution in [2.45, 2.75) is 51.0 Å². The number of hydrogen-bond donors (Lipinski definition) is 3. The van der Waals surface area contributed by atoms with Crippen LogP contribution in [0, 0.1) is 23.6 Å². The lowest BCUT2D eigenvalue weighted by atomic mass is 9.85. The van der Waals surface area contributed by atoms with Crippen molar-refractivity contribution in [3.05, 3.63) is 52.9 Å². The van der Waals surface area contributed by atoms with Crippen molar-refractivity contribution in [2.75, 3.05) is 31.6 Å². The van der Waals surface area contributed by atoms with Crippen molar-refractivity contribution >= 4 is 34.0 Å². The van der Waals surface area contributed by atoms with E-state index in [-0.39, 0.29) is 29.4 Å². The fraction of sp³-hybridized carbons (Fsp3) is 0.484. The summed E-state index contributed by atoms with van der Waals surface area (Å²) in [6.07, 6.45) is 8.94. The summed E-state index contributed by atoms with van der Waals surface area (Å²) >= 11 is 6.06. The maximum atomic E-state index is 14.3. The average molecular weight is 552 g/mol. The number of hydrogen-bond acceptors (Lipinski definition) is 6. The monoisotopic (exact) mass is 551 g/mol. The van der Waals surface area contributed by atoms with E-state index in [1.165, 1.54) is 6.07 Å². The molecule has 0 bridgehead atoms. The first-order valence-electron chi connectivity index (χ1n) is 14.1. The van der Waals surface area contributed by atoms with Gasteiger partial charge >= 0.3 is 0 Å². The minimum atomic E-state index is -0.774. The number of pyridine rings is 1. The lowest BCUT2D eigenvalue weighted by Gasteiger charge is -2.32. The van der Waals surface area contributed by atoms with Gasteiger partial charge in [-0.1, -0.05) is 17.7 Å². The van der Waals surface area contributed by atoms with Crippen molar-refractivity contribution in [3.8, 4) is 16.9 Å². The second kappa shape index (κ2) is 11.0. The van der Waals surface area contributed by atoms with Gasteiger partial charge in [-0.3, -0.25) is 9.78 Å². The molecule has 0 radical (unpaired) electrons. The lowest BCUT2D eigenvalue weighted by molar-refractivity contribution is 0.0968. The number of benzene rings is 2. The number of aliphatic hydroxyl groups excluding tert-OH is 1. The van der Waals surface area contributed by atoms with Crippen LogP contribution in [0.25, 0.3) is 22.0 Å². The van der Waals surface area contributed by atoms with E-state index in [1.54, 1.807) is 12.3 Å². The molecule has 2 saturated carbocycles. The van der Waals surface area contributed by atoms with Gasteiger partial charge in [0.05, 0.1) is 21.8 Å². The number of aliphatic hydroxyl groups is 1. The third-order valence-electron chi connectivity index (χ3n) is 8.77. The predicted octanol–water partition coefficient (Wildman–Crippen LogP) is 6.28. The molecule has 2 aromatic carbocycles. The highest BCUT2D eigenvalue weighted by Gasteiger charge is 2.33. The summed E-state index contributed by atoms with van der Waals surface area (Å²) in [4.78, 5) is 20.4. The fourth-order valence-electron chi connectivity index (χ4n) is 6.30. The number of carbonyl (C=O) groups excluding carboxylic acids is 1. The molecular formula is C31H35ClFN3O3. The van der Waals surface area contributed by atoms with Crippen molar-refractivity contribution in [2.24, 2.45) is 17.8 Å². The number of rotatable bonds is 8.